The van der Waals surface area contributed by atoms with Crippen molar-refractivity contribution in [2.24, 2.45) is 0 Å². The third-order valence-corrected chi connectivity index (χ3v) is 4.95. The minimum absolute atomic E-state index is 0.299. The lowest BCUT2D eigenvalue weighted by molar-refractivity contribution is 0.00190. The summed E-state index contributed by atoms with van der Waals surface area (Å²) in [6.45, 7) is 0.684. The Morgan fingerprint density at radius 3 is 2.70 bits per heavy atom. The summed E-state index contributed by atoms with van der Waals surface area (Å²) >= 11 is 0. The van der Waals surface area contributed by atoms with Crippen molar-refractivity contribution in [2.75, 3.05) is 0 Å². The van der Waals surface area contributed by atoms with Crippen molar-refractivity contribution in [1.29, 1.82) is 0 Å². The van der Waals surface area contributed by atoms with E-state index in [9.17, 15) is 0 Å². The lowest BCUT2D eigenvalue weighted by Gasteiger charge is -2.31. The van der Waals surface area contributed by atoms with Crippen LogP contribution in [0.4, 0.5) is 0 Å². The second-order valence-electron chi connectivity index (χ2n) is 6.48. The number of ether oxygens (including phenoxy) is 1. The van der Waals surface area contributed by atoms with Crippen LogP contribution >= 0.6 is 0 Å². The van der Waals surface area contributed by atoms with E-state index >= 15 is 0 Å². The summed E-state index contributed by atoms with van der Waals surface area (Å²) in [5.74, 6) is 0.475. The van der Waals surface area contributed by atoms with Crippen LogP contribution in [-0.2, 0) is 11.3 Å². The van der Waals surface area contributed by atoms with Crippen molar-refractivity contribution < 1.29 is 9.15 Å². The maximum absolute atomic E-state index is 6.31. The van der Waals surface area contributed by atoms with Crippen LogP contribution in [-0.4, -0.2) is 6.10 Å². The fourth-order valence-electron chi connectivity index (χ4n) is 3.70. The molecule has 1 fully saturated rings. The van der Waals surface area contributed by atoms with Crippen LogP contribution in [0, 0.1) is 0 Å². The predicted molar refractivity (Wildman–Crippen MR) is 92.4 cm³/mol. The minimum atomic E-state index is 0.299. The van der Waals surface area contributed by atoms with Crippen LogP contribution in [0.25, 0.3) is 10.8 Å². The highest BCUT2D eigenvalue weighted by molar-refractivity contribution is 5.82. The largest absolute Gasteiger partial charge is 0.472 e. The van der Waals surface area contributed by atoms with Crippen LogP contribution in [0.3, 0.4) is 0 Å². The Morgan fingerprint density at radius 2 is 1.83 bits per heavy atom. The molecule has 2 nitrogen and oxygen atoms in total. The minimum Gasteiger partial charge on any atom is -0.472 e. The van der Waals surface area contributed by atoms with E-state index in [0.29, 0.717) is 18.6 Å². The molecule has 1 aliphatic rings. The smallest absolute Gasteiger partial charge is 0.0938 e. The predicted octanol–water partition coefficient (Wildman–Crippen LogP) is 5.68. The monoisotopic (exact) mass is 306 g/mol. The summed E-state index contributed by atoms with van der Waals surface area (Å²) in [6, 6.07) is 17.2. The molecule has 1 saturated carbocycles. The van der Waals surface area contributed by atoms with Gasteiger partial charge in [-0.2, -0.15) is 0 Å². The molecule has 0 unspecified atom stereocenters. The lowest BCUT2D eigenvalue weighted by atomic mass is 9.82. The van der Waals surface area contributed by atoms with Gasteiger partial charge in [0.2, 0.25) is 0 Å². The van der Waals surface area contributed by atoms with E-state index in [0.717, 1.165) is 6.42 Å². The fraction of sp³-hybridized carbons (Fsp3) is 0.333. The third-order valence-electron chi connectivity index (χ3n) is 4.95. The summed E-state index contributed by atoms with van der Waals surface area (Å²) in [5, 5.41) is 2.56. The highest BCUT2D eigenvalue weighted by atomic mass is 16.5. The average molecular weight is 306 g/mol. The third kappa shape index (κ3) is 3.18. The van der Waals surface area contributed by atoms with E-state index in [2.05, 4.69) is 48.5 Å². The number of furan rings is 1. The van der Waals surface area contributed by atoms with Crippen molar-refractivity contribution in [3.05, 3.63) is 72.2 Å². The van der Waals surface area contributed by atoms with E-state index < -0.39 is 0 Å². The molecule has 4 rings (SSSR count). The molecule has 2 aromatic carbocycles. The molecule has 0 saturated heterocycles. The molecule has 2 heteroatoms. The maximum atomic E-state index is 6.31. The van der Waals surface area contributed by atoms with E-state index in [1.165, 1.54) is 41.2 Å². The van der Waals surface area contributed by atoms with Gasteiger partial charge in [0.15, 0.2) is 0 Å². The molecular weight excluding hydrogens is 284 g/mol. The molecule has 3 aromatic rings. The van der Waals surface area contributed by atoms with Gasteiger partial charge in [0.05, 0.1) is 25.2 Å². The normalized spacial score (nSPS) is 21.6. The Bertz CT molecular complexity index is 760. The Labute approximate surface area is 137 Å². The summed E-state index contributed by atoms with van der Waals surface area (Å²) in [4.78, 5) is 0. The van der Waals surface area contributed by atoms with Gasteiger partial charge in [0.1, 0.15) is 0 Å². The Hall–Kier alpha value is -2.06. The molecule has 0 bridgehead atoms. The Morgan fingerprint density at radius 1 is 0.957 bits per heavy atom. The van der Waals surface area contributed by atoms with E-state index in [4.69, 9.17) is 9.15 Å². The van der Waals surface area contributed by atoms with E-state index in [1.807, 2.05) is 6.26 Å². The standard InChI is InChI=1S/C21H22O2/c1-2-6-18-13-16(9-10-17(18)5-1)14-23-21-8-4-3-7-20(21)19-11-12-22-15-19/h1-2,5-6,9-13,15,20-21H,3-4,7-8,14H2/t20-,21+/m1/s1. The molecule has 0 amide bonds. The van der Waals surface area contributed by atoms with Crippen molar-refractivity contribution in [3.8, 4) is 0 Å². The maximum Gasteiger partial charge on any atom is 0.0938 e. The van der Waals surface area contributed by atoms with E-state index in [-0.39, 0.29) is 0 Å². The molecular formula is C21H22O2. The zero-order valence-corrected chi connectivity index (χ0v) is 13.3. The van der Waals surface area contributed by atoms with Gasteiger partial charge < -0.3 is 9.15 Å². The molecule has 0 N–H and O–H groups in total. The molecule has 1 aliphatic carbocycles. The van der Waals surface area contributed by atoms with Crippen LogP contribution in [0.2, 0.25) is 0 Å². The zero-order chi connectivity index (χ0) is 15.5. The second-order valence-corrected chi connectivity index (χ2v) is 6.48. The molecule has 1 heterocycles. The first-order valence-electron chi connectivity index (χ1n) is 8.51. The van der Waals surface area contributed by atoms with Crippen LogP contribution in [0.5, 0.6) is 0 Å². The summed E-state index contributed by atoms with van der Waals surface area (Å²) in [6.07, 6.45) is 8.83. The van der Waals surface area contributed by atoms with Crippen LogP contribution in [0.15, 0.2) is 65.5 Å². The van der Waals surface area contributed by atoms with Gasteiger partial charge in [-0.1, -0.05) is 49.2 Å². The van der Waals surface area contributed by atoms with Crippen molar-refractivity contribution in [2.45, 2.75) is 44.3 Å². The van der Waals surface area contributed by atoms with Crippen LogP contribution < -0.4 is 0 Å². The molecule has 0 aliphatic heterocycles. The molecule has 118 valence electrons. The van der Waals surface area contributed by atoms with Crippen molar-refractivity contribution in [3.63, 3.8) is 0 Å². The van der Waals surface area contributed by atoms with Gasteiger partial charge in [-0.05, 0) is 46.9 Å². The van der Waals surface area contributed by atoms with E-state index in [1.54, 1.807) is 6.26 Å². The van der Waals surface area contributed by atoms with Crippen LogP contribution in [0.1, 0.15) is 42.7 Å². The quantitative estimate of drug-likeness (QED) is 0.619. The number of benzene rings is 2. The highest BCUT2D eigenvalue weighted by Gasteiger charge is 2.27. The van der Waals surface area contributed by atoms with Gasteiger partial charge >= 0.3 is 0 Å². The zero-order valence-electron chi connectivity index (χ0n) is 13.3. The first kappa shape index (κ1) is 14.5. The van der Waals surface area contributed by atoms with Gasteiger partial charge in [-0.3, -0.25) is 0 Å². The summed E-state index contributed by atoms with van der Waals surface area (Å²) in [7, 11) is 0. The molecule has 0 radical (unpaired) electrons. The number of hydrogen-bond donors (Lipinski definition) is 0. The Kier molecular flexibility index (Phi) is 4.16. The molecule has 0 spiro atoms. The average Bonchev–Trinajstić information content (AvgIpc) is 3.14. The van der Waals surface area contributed by atoms with Gasteiger partial charge in [-0.25, -0.2) is 0 Å². The summed E-state index contributed by atoms with van der Waals surface area (Å²) in [5.41, 5.74) is 2.54. The molecule has 1 aromatic heterocycles. The first-order valence-corrected chi connectivity index (χ1v) is 8.51. The molecule has 2 atom stereocenters. The van der Waals surface area contributed by atoms with Gasteiger partial charge in [0, 0.05) is 5.92 Å². The lowest BCUT2D eigenvalue weighted by Crippen LogP contribution is -2.25. The SMILES string of the molecule is c1ccc2cc(CO[C@H]3CCCC[C@@H]3c3ccoc3)ccc2c1. The number of rotatable bonds is 4. The first-order chi connectivity index (χ1) is 11.4. The number of fused-ring (bicyclic) bond motifs is 1. The number of hydrogen-bond acceptors (Lipinski definition) is 2. The van der Waals surface area contributed by atoms with Crippen molar-refractivity contribution >= 4 is 10.8 Å². The topological polar surface area (TPSA) is 22.4 Å². The van der Waals surface area contributed by atoms with Gasteiger partial charge in [-0.15, -0.1) is 0 Å². The van der Waals surface area contributed by atoms with Gasteiger partial charge in [0.25, 0.3) is 0 Å². The molecule has 23 heavy (non-hydrogen) atoms. The summed E-state index contributed by atoms with van der Waals surface area (Å²) < 4.78 is 11.6. The van der Waals surface area contributed by atoms with Crippen molar-refractivity contribution in [1.82, 2.24) is 0 Å². The fourth-order valence-corrected chi connectivity index (χ4v) is 3.70. The highest BCUT2D eigenvalue weighted by Crippen LogP contribution is 2.35. The second kappa shape index (κ2) is 6.59. The Balaban J connectivity index is 1.47.